The summed E-state index contributed by atoms with van der Waals surface area (Å²) in [6.45, 7) is 2.73. The molecule has 14 aliphatic rings. The van der Waals surface area contributed by atoms with E-state index < -0.39 is 18.3 Å². The van der Waals surface area contributed by atoms with Crippen molar-refractivity contribution in [2.75, 3.05) is 40.0 Å². The van der Waals surface area contributed by atoms with Crippen LogP contribution in [-0.4, -0.2) is 112 Å². The number of nitrogens with one attached hydrogen (secondary N) is 3. The fraction of sp³-hybridized carbons (Fsp3) is 0.500. The van der Waals surface area contributed by atoms with Gasteiger partial charge in [-0.1, -0.05) is 91.4 Å². The van der Waals surface area contributed by atoms with Crippen LogP contribution in [0.1, 0.15) is 158 Å². The molecule has 9 heterocycles. The van der Waals surface area contributed by atoms with Crippen LogP contribution in [0.5, 0.6) is 23.0 Å². The summed E-state index contributed by atoms with van der Waals surface area (Å²) in [5, 5.41) is 71.8. The number of aliphatic hydroxyl groups excluding tert-OH is 2. The van der Waals surface area contributed by atoms with Gasteiger partial charge >= 0.3 is 0 Å². The number of aromatic hydroxyl groups is 3. The minimum absolute atomic E-state index is 0.0252. The molecule has 5 fully saturated rings. The third-order valence-electron chi connectivity index (χ3n) is 26.4. The van der Waals surface area contributed by atoms with Crippen LogP contribution in [0.3, 0.4) is 0 Å². The molecule has 15 atom stereocenters. The van der Waals surface area contributed by atoms with Gasteiger partial charge in [0.05, 0.1) is 37.6 Å². The van der Waals surface area contributed by atoms with E-state index in [-0.39, 0.29) is 90.0 Å². The summed E-state index contributed by atoms with van der Waals surface area (Å²) in [6, 6.07) is 27.1. The molecule has 532 valence electrons. The number of nitrogens with two attached hydrogens (primary N) is 1. The minimum atomic E-state index is -0.863. The topological polar surface area (TPSA) is 227 Å². The highest BCUT2D eigenvalue weighted by molar-refractivity contribution is 5.89. The molecule has 2 saturated carbocycles. The molecule has 5 aromatic carbocycles. The van der Waals surface area contributed by atoms with E-state index in [1.54, 1.807) is 36.9 Å². The van der Waals surface area contributed by atoms with Crippen LogP contribution in [0, 0.1) is 59.2 Å². The first-order valence-corrected chi connectivity index (χ1v) is 38.4. The first kappa shape index (κ1) is 66.1. The van der Waals surface area contributed by atoms with E-state index in [2.05, 4.69) is 93.3 Å². The highest BCUT2D eigenvalue weighted by Gasteiger charge is 2.69. The van der Waals surface area contributed by atoms with Crippen molar-refractivity contribution < 1.29 is 49.2 Å². The lowest BCUT2D eigenvalue weighted by Crippen LogP contribution is -2.70. The van der Waals surface area contributed by atoms with Crippen LogP contribution < -0.4 is 26.4 Å². The number of nitrogens with zero attached hydrogens (tertiary/aromatic N) is 2. The molecule has 6 aromatic rings. The Morgan fingerprint density at radius 3 is 2.68 bits per heavy atom. The third kappa shape index (κ3) is 11.5. The third-order valence-corrected chi connectivity index (χ3v) is 26.4. The van der Waals surface area contributed by atoms with Crippen LogP contribution in [0.4, 0.5) is 0 Å². The summed E-state index contributed by atoms with van der Waals surface area (Å²) < 4.78 is 37.3. The Morgan fingerprint density at radius 1 is 0.863 bits per heavy atom. The fourth-order valence-electron chi connectivity index (χ4n) is 21.8. The van der Waals surface area contributed by atoms with Crippen molar-refractivity contribution in [3.05, 3.63) is 187 Å². The molecule has 102 heavy (non-hydrogen) atoms. The molecule has 0 radical (unpaired) electrons. The second-order valence-corrected chi connectivity index (χ2v) is 32.0. The summed E-state index contributed by atoms with van der Waals surface area (Å²) in [6.07, 6.45) is 26.5. The summed E-state index contributed by atoms with van der Waals surface area (Å²) in [7, 11) is 1.71. The van der Waals surface area contributed by atoms with Gasteiger partial charge in [-0.15, -0.1) is 0 Å². The Hall–Kier alpha value is -7.85. The Balaban J connectivity index is 0.857. The van der Waals surface area contributed by atoms with Crippen LogP contribution in [-0.2, 0) is 69.7 Å². The molecule has 1 spiro atoms. The molecular weight excluding hydrogens is 1280 g/mol. The number of fused-ring (bicyclic) bond motifs is 7. The lowest BCUT2D eigenvalue weighted by Gasteiger charge is -2.69. The number of guanidine groups is 1. The number of aryl methyl sites for hydroxylation is 2. The van der Waals surface area contributed by atoms with E-state index in [0.717, 1.165) is 150 Å². The molecule has 16 heteroatoms. The number of aromatic nitrogens is 1. The molecule has 0 amide bonds. The Bertz CT molecular complexity index is 4520. The van der Waals surface area contributed by atoms with Crippen LogP contribution in [0.25, 0.3) is 22.7 Å². The number of methoxy groups -OCH3 is 1. The van der Waals surface area contributed by atoms with Gasteiger partial charge < -0.3 is 70.2 Å². The number of phenols is 3. The Morgan fingerprint density at radius 2 is 1.77 bits per heavy atom. The van der Waals surface area contributed by atoms with Gasteiger partial charge in [-0.25, -0.2) is 4.99 Å². The van der Waals surface area contributed by atoms with Gasteiger partial charge in [0.2, 0.25) is 0 Å². The number of ether oxygens (including phenoxy) is 5. The lowest BCUT2D eigenvalue weighted by atomic mass is 9.39. The molecule has 1 unspecified atom stereocenters. The molecule has 16 nitrogen and oxygen atoms in total. The van der Waals surface area contributed by atoms with Crippen LogP contribution in [0.2, 0.25) is 0 Å². The van der Waals surface area contributed by atoms with Crippen molar-refractivity contribution in [2.24, 2.45) is 58.1 Å². The number of dihydropyridines is 1. The molecule has 20 rings (SSSR count). The van der Waals surface area contributed by atoms with Gasteiger partial charge in [-0.05, 0) is 218 Å². The summed E-state index contributed by atoms with van der Waals surface area (Å²) in [5.41, 5.74) is 22.2. The molecule has 6 aliphatic carbocycles. The smallest absolute Gasteiger partial charge is 0.188 e. The summed E-state index contributed by atoms with van der Waals surface area (Å²) in [4.78, 5) is 5.15. The zero-order chi connectivity index (χ0) is 69.0. The average Bonchev–Trinajstić information content (AvgIpc) is 0.725. The molecule has 3 saturated heterocycles. The van der Waals surface area contributed by atoms with Gasteiger partial charge in [-0.2, -0.15) is 0 Å². The van der Waals surface area contributed by atoms with Gasteiger partial charge in [0.15, 0.2) is 17.5 Å². The zero-order valence-corrected chi connectivity index (χ0v) is 58.7. The molecule has 10 bridgehead atoms. The van der Waals surface area contributed by atoms with E-state index in [1.165, 1.54) is 54.4 Å². The molecule has 10 N–H and O–H groups in total. The highest BCUT2D eigenvalue weighted by atomic mass is 16.5. The van der Waals surface area contributed by atoms with Crippen molar-refractivity contribution in [3.8, 4) is 34.8 Å². The van der Waals surface area contributed by atoms with Gasteiger partial charge in [0.25, 0.3) is 0 Å². The number of aliphatic hydroxyl groups is 2. The number of phenolic OH excluding ortho intramolecular Hbond substituents is 3. The average molecular weight is 1380 g/mol. The van der Waals surface area contributed by atoms with E-state index in [9.17, 15) is 25.5 Å². The first-order valence-electron chi connectivity index (χ1n) is 38.4. The SMILES string of the molecule is COCCCNC(N)=NCC1=C[C@H]2CC[C@@H](CCc3ccc(O)c(Cc4cccc(O)c4)c3)C#CC3=C4C[C@@H]5CCCO[C@@H]5NC4NC4=C3[C@@H]1O[C@@H]2C[C@H](O)[C@@H]1C=Cc2c(c(CO)cc(O)c2OCc2cc([C@]35c6c7cccc6C[C@@H]6CC[C@@H]8CCCC[C@]8(OC[C@@H]3CC7)[C@@H]65)cc3cn4cc23)C1. The second-order valence-electron chi connectivity index (χ2n) is 32.0. The van der Waals surface area contributed by atoms with Crippen molar-refractivity contribution in [1.82, 2.24) is 20.5 Å². The minimum Gasteiger partial charge on any atom is -0.508 e. The molecule has 8 aliphatic heterocycles. The van der Waals surface area contributed by atoms with Crippen molar-refractivity contribution in [1.29, 1.82) is 0 Å². The van der Waals surface area contributed by atoms with Crippen LogP contribution >= 0.6 is 0 Å². The summed E-state index contributed by atoms with van der Waals surface area (Å²) >= 11 is 0. The number of aliphatic imine (C=N–C) groups is 1. The second kappa shape index (κ2) is 27.0. The highest BCUT2D eigenvalue weighted by Crippen LogP contribution is 2.69. The fourth-order valence-corrected chi connectivity index (χ4v) is 21.8. The van der Waals surface area contributed by atoms with Gasteiger partial charge in [-0.3, -0.25) is 5.32 Å². The summed E-state index contributed by atoms with van der Waals surface area (Å²) in [5.74, 6) is 11.2. The zero-order valence-electron chi connectivity index (χ0n) is 58.7. The first-order chi connectivity index (χ1) is 49.9. The quantitative estimate of drug-likeness (QED) is 0.0172. The van der Waals surface area contributed by atoms with E-state index >= 15 is 0 Å². The Kier molecular flexibility index (Phi) is 17.5. The van der Waals surface area contributed by atoms with E-state index in [0.29, 0.717) is 74.0 Å². The van der Waals surface area contributed by atoms with Crippen molar-refractivity contribution in [2.45, 2.75) is 183 Å². The van der Waals surface area contributed by atoms with Gasteiger partial charge in [0.1, 0.15) is 42.4 Å². The van der Waals surface area contributed by atoms with Crippen LogP contribution in [0.15, 0.2) is 131 Å². The largest absolute Gasteiger partial charge is 0.508 e. The maximum atomic E-state index is 13.0. The number of piperidine rings is 1. The van der Waals surface area contributed by atoms with Crippen molar-refractivity contribution >= 4 is 28.6 Å². The predicted molar refractivity (Wildman–Crippen MR) is 393 cm³/mol. The van der Waals surface area contributed by atoms with Gasteiger partial charge in [0, 0.05) is 115 Å². The molecule has 1 aromatic heterocycles. The van der Waals surface area contributed by atoms with Crippen molar-refractivity contribution in [3.63, 3.8) is 0 Å². The van der Waals surface area contributed by atoms with E-state index in [1.807, 2.05) is 24.3 Å². The standard InChI is InChI=1S/C86H98N6O10/c1-98-30-7-29-88-84(87)89-43-59-35-54-19-16-49(14-15-50-18-27-72(95)58(32-50)33-51-8-4-13-66(94)34-51)17-25-67-70-40-57-11-6-31-99-83(57)91-81(70)90-82-76(67)78(59)102-75(54)42-73(96)53-22-26-68-69(39-53)61(46-93)41-74(97)79(68)100-47-62-38-65(37-60-44-92(82)45-71(60)62)86-64-24-20-52-9-5-10-55(77(52)86)36-56-21-23-63-12-2-3-28-85(63,80(56)86)101-48-64/h4-5,8-10,13,18,22,26-27,32,34-35,37-38,41,44-45,49,53-54,56-57,63-64,73,75,78,80-81,83,90-91,93-97H,2-3,6-7,11-12,14-16,19-21,23-24,28-31,33,36,39-40,42-43,46-48H2,1H3,(H3,87,88,89)/t49-,53-,54-,56+,57+,63+,64+,73+,75-,78-,80-,81?,83+,85-,86+/m1/s1. The predicted octanol–water partition coefficient (Wildman–Crippen LogP) is 12.2. The van der Waals surface area contributed by atoms with E-state index in [4.69, 9.17) is 34.4 Å². The maximum absolute atomic E-state index is 13.0. The lowest BCUT2D eigenvalue weighted by molar-refractivity contribution is -0.247. The maximum Gasteiger partial charge on any atom is 0.188 e. The monoisotopic (exact) mass is 1370 g/mol. The normalized spacial score (nSPS) is 31.8. The Labute approximate surface area is 598 Å². The number of hydrogen-bond donors (Lipinski definition) is 9. The number of benzene rings is 5. The molecular formula is C86H98N6O10. The number of hydrogen-bond acceptors (Lipinski definition) is 13. The number of rotatable bonds is 13.